The zero-order valence-electron chi connectivity index (χ0n) is 7.36. The standard InChI is InChI=1S/C8H12ClFO2/c1-5-7(3,8(5,9)10)4-12-6(2)11/h5H,4H2,1-3H3/t5-,7-,8-/m0/s1. The molecule has 0 aromatic rings. The first kappa shape index (κ1) is 9.78. The van der Waals surface area contributed by atoms with Crippen LogP contribution >= 0.6 is 11.6 Å². The second-order valence-corrected chi connectivity index (χ2v) is 4.09. The normalized spacial score (nSPS) is 45.6. The van der Waals surface area contributed by atoms with Gasteiger partial charge in [0.1, 0.15) is 6.61 Å². The maximum atomic E-state index is 13.3. The highest BCUT2D eigenvalue weighted by Gasteiger charge is 2.73. The van der Waals surface area contributed by atoms with Gasteiger partial charge in [0.15, 0.2) is 5.13 Å². The summed E-state index contributed by atoms with van der Waals surface area (Å²) >= 11 is 5.52. The molecule has 0 spiro atoms. The third-order valence-electron chi connectivity index (χ3n) is 2.75. The van der Waals surface area contributed by atoms with Crippen molar-refractivity contribution >= 4 is 17.6 Å². The molecule has 1 aliphatic rings. The minimum Gasteiger partial charge on any atom is -0.465 e. The summed E-state index contributed by atoms with van der Waals surface area (Å²) in [7, 11) is 0. The molecule has 4 heteroatoms. The van der Waals surface area contributed by atoms with Crippen LogP contribution in [-0.2, 0) is 9.53 Å². The van der Waals surface area contributed by atoms with Gasteiger partial charge in [0.2, 0.25) is 0 Å². The Bertz CT molecular complexity index is 217. The quantitative estimate of drug-likeness (QED) is 0.497. The van der Waals surface area contributed by atoms with E-state index in [4.69, 9.17) is 16.3 Å². The first-order chi connectivity index (χ1) is 5.32. The molecule has 12 heavy (non-hydrogen) atoms. The second kappa shape index (κ2) is 2.59. The number of esters is 1. The Morgan fingerprint density at radius 3 is 2.42 bits per heavy atom. The first-order valence-corrected chi connectivity index (χ1v) is 4.21. The lowest BCUT2D eigenvalue weighted by Crippen LogP contribution is -2.16. The Morgan fingerprint density at radius 2 is 2.17 bits per heavy atom. The fourth-order valence-electron chi connectivity index (χ4n) is 1.28. The highest BCUT2D eigenvalue weighted by atomic mass is 35.5. The van der Waals surface area contributed by atoms with Crippen LogP contribution in [0.15, 0.2) is 0 Å². The molecule has 0 amide bonds. The average Bonchev–Trinajstić information content (AvgIpc) is 2.32. The molecule has 0 bridgehead atoms. The zero-order chi connectivity index (χ0) is 9.57. The van der Waals surface area contributed by atoms with Crippen LogP contribution in [0.2, 0.25) is 0 Å². The van der Waals surface area contributed by atoms with E-state index in [9.17, 15) is 9.18 Å². The fraction of sp³-hybridized carbons (Fsp3) is 0.875. The number of alkyl halides is 2. The molecule has 70 valence electrons. The SMILES string of the molecule is CC(=O)OC[C@@]1(C)[C@H](C)[C@@]1(F)Cl. The number of ether oxygens (including phenoxy) is 1. The molecule has 3 atom stereocenters. The van der Waals surface area contributed by atoms with Gasteiger partial charge in [0.25, 0.3) is 0 Å². The van der Waals surface area contributed by atoms with Crippen molar-refractivity contribution in [3.8, 4) is 0 Å². The lowest BCUT2D eigenvalue weighted by Gasteiger charge is -2.09. The smallest absolute Gasteiger partial charge is 0.302 e. The predicted octanol–water partition coefficient (Wildman–Crippen LogP) is 2.11. The molecule has 1 rings (SSSR count). The van der Waals surface area contributed by atoms with Crippen LogP contribution in [-0.4, -0.2) is 17.7 Å². The van der Waals surface area contributed by atoms with Gasteiger partial charge in [-0.3, -0.25) is 4.79 Å². The number of rotatable bonds is 2. The van der Waals surface area contributed by atoms with Gasteiger partial charge < -0.3 is 4.74 Å². The number of carbonyl (C=O) groups excluding carboxylic acids is 1. The van der Waals surface area contributed by atoms with Crippen LogP contribution in [0.25, 0.3) is 0 Å². The largest absolute Gasteiger partial charge is 0.465 e. The van der Waals surface area contributed by atoms with Gasteiger partial charge >= 0.3 is 5.97 Å². The van der Waals surface area contributed by atoms with Crippen molar-refractivity contribution < 1.29 is 13.9 Å². The van der Waals surface area contributed by atoms with Crippen LogP contribution in [0, 0.1) is 11.3 Å². The maximum Gasteiger partial charge on any atom is 0.302 e. The molecule has 0 N–H and O–H groups in total. The fourth-order valence-corrected chi connectivity index (χ4v) is 1.68. The molecule has 0 aromatic carbocycles. The highest BCUT2D eigenvalue weighted by molar-refractivity contribution is 6.26. The van der Waals surface area contributed by atoms with Crippen molar-refractivity contribution in [2.24, 2.45) is 11.3 Å². The van der Waals surface area contributed by atoms with E-state index in [0.29, 0.717) is 0 Å². The summed E-state index contributed by atoms with van der Waals surface area (Å²) in [5.41, 5.74) is -0.708. The van der Waals surface area contributed by atoms with E-state index in [-0.39, 0.29) is 12.5 Å². The van der Waals surface area contributed by atoms with Crippen molar-refractivity contribution in [2.75, 3.05) is 6.61 Å². The van der Waals surface area contributed by atoms with E-state index in [0.717, 1.165) is 0 Å². The van der Waals surface area contributed by atoms with Crippen LogP contribution in [0.3, 0.4) is 0 Å². The summed E-state index contributed by atoms with van der Waals surface area (Å²) in [5, 5.41) is -1.71. The third-order valence-corrected chi connectivity index (χ3v) is 3.51. The lowest BCUT2D eigenvalue weighted by molar-refractivity contribution is -0.143. The number of halogens is 2. The number of hydrogen-bond donors (Lipinski definition) is 0. The van der Waals surface area contributed by atoms with E-state index in [1.165, 1.54) is 6.92 Å². The summed E-state index contributed by atoms with van der Waals surface area (Å²) in [4.78, 5) is 10.4. The summed E-state index contributed by atoms with van der Waals surface area (Å²) in [6.45, 7) is 4.73. The van der Waals surface area contributed by atoms with Gasteiger partial charge in [0, 0.05) is 12.8 Å². The van der Waals surface area contributed by atoms with Gasteiger partial charge in [-0.2, -0.15) is 0 Å². The Morgan fingerprint density at radius 1 is 1.75 bits per heavy atom. The van der Waals surface area contributed by atoms with E-state index in [2.05, 4.69) is 0 Å². The minimum atomic E-state index is -1.71. The monoisotopic (exact) mass is 194 g/mol. The molecule has 0 aromatic heterocycles. The van der Waals surface area contributed by atoms with Crippen LogP contribution in [0.4, 0.5) is 4.39 Å². The first-order valence-electron chi connectivity index (χ1n) is 3.83. The van der Waals surface area contributed by atoms with E-state index < -0.39 is 16.5 Å². The Kier molecular flexibility index (Phi) is 2.11. The minimum absolute atomic E-state index is 0.0590. The second-order valence-electron chi connectivity index (χ2n) is 3.54. The number of carbonyl (C=O) groups is 1. The van der Waals surface area contributed by atoms with Crippen LogP contribution in [0.1, 0.15) is 20.8 Å². The van der Waals surface area contributed by atoms with Gasteiger partial charge in [-0.05, 0) is 0 Å². The molecule has 1 saturated carbocycles. The number of hydrogen-bond acceptors (Lipinski definition) is 2. The predicted molar refractivity (Wildman–Crippen MR) is 43.6 cm³/mol. The summed E-state index contributed by atoms with van der Waals surface area (Å²) in [5.74, 6) is -0.659. The molecule has 0 aliphatic heterocycles. The van der Waals surface area contributed by atoms with Gasteiger partial charge in [-0.25, -0.2) is 4.39 Å². The van der Waals surface area contributed by atoms with Gasteiger partial charge in [0.05, 0.1) is 5.41 Å². The highest BCUT2D eigenvalue weighted by Crippen LogP contribution is 2.67. The molecule has 1 aliphatic carbocycles. The van der Waals surface area contributed by atoms with Crippen molar-refractivity contribution in [1.29, 1.82) is 0 Å². The van der Waals surface area contributed by atoms with Crippen LogP contribution < -0.4 is 0 Å². The average molecular weight is 195 g/mol. The van der Waals surface area contributed by atoms with E-state index in [1.54, 1.807) is 13.8 Å². The molecule has 2 nitrogen and oxygen atoms in total. The molecular formula is C8H12ClFO2. The maximum absolute atomic E-state index is 13.3. The molecule has 0 saturated heterocycles. The molecular weight excluding hydrogens is 183 g/mol. The third kappa shape index (κ3) is 1.20. The van der Waals surface area contributed by atoms with E-state index >= 15 is 0 Å². The summed E-state index contributed by atoms with van der Waals surface area (Å²) in [6.07, 6.45) is 0. The van der Waals surface area contributed by atoms with Gasteiger partial charge in [-0.1, -0.05) is 25.4 Å². The summed E-state index contributed by atoms with van der Waals surface area (Å²) in [6, 6.07) is 0. The Balaban J connectivity index is 2.49. The Hall–Kier alpha value is -0.310. The van der Waals surface area contributed by atoms with Gasteiger partial charge in [-0.15, -0.1) is 0 Å². The molecule has 1 fully saturated rings. The Labute approximate surface area is 76.0 Å². The topological polar surface area (TPSA) is 26.3 Å². The van der Waals surface area contributed by atoms with Crippen LogP contribution in [0.5, 0.6) is 0 Å². The molecule has 0 unspecified atom stereocenters. The van der Waals surface area contributed by atoms with Crippen molar-refractivity contribution in [1.82, 2.24) is 0 Å². The van der Waals surface area contributed by atoms with E-state index in [1.807, 2.05) is 0 Å². The van der Waals surface area contributed by atoms with Crippen molar-refractivity contribution in [3.05, 3.63) is 0 Å². The van der Waals surface area contributed by atoms with Crippen molar-refractivity contribution in [2.45, 2.75) is 25.9 Å². The molecule has 0 heterocycles. The lowest BCUT2D eigenvalue weighted by atomic mass is 10.1. The molecule has 0 radical (unpaired) electrons. The summed E-state index contributed by atoms with van der Waals surface area (Å²) < 4.78 is 18.0. The zero-order valence-corrected chi connectivity index (χ0v) is 8.11. The van der Waals surface area contributed by atoms with Crippen molar-refractivity contribution in [3.63, 3.8) is 0 Å².